The van der Waals surface area contributed by atoms with Gasteiger partial charge in [0.1, 0.15) is 5.01 Å². The summed E-state index contributed by atoms with van der Waals surface area (Å²) in [6.45, 7) is 2.11. The number of benzene rings is 1. The molecule has 0 saturated carbocycles. The Bertz CT molecular complexity index is 924. The van der Waals surface area contributed by atoms with E-state index in [1.165, 1.54) is 23.5 Å². The molecule has 0 spiro atoms. The van der Waals surface area contributed by atoms with Crippen LogP contribution in [0.15, 0.2) is 48.8 Å². The number of halogens is 3. The number of anilines is 1. The number of carbonyl (C=O) groups is 1. The Balaban J connectivity index is 1.59. The first kappa shape index (κ1) is 18.8. The minimum atomic E-state index is -4.41. The van der Waals surface area contributed by atoms with Gasteiger partial charge in [-0.05, 0) is 43.3 Å². The van der Waals surface area contributed by atoms with Crippen LogP contribution >= 0.6 is 11.3 Å². The second-order valence-corrected chi connectivity index (χ2v) is 6.74. The number of hydrogen-bond acceptors (Lipinski definition) is 4. The van der Waals surface area contributed by atoms with Crippen LogP contribution in [0.5, 0.6) is 0 Å². The van der Waals surface area contributed by atoms with Crippen molar-refractivity contribution >= 4 is 23.1 Å². The summed E-state index contributed by atoms with van der Waals surface area (Å²) in [6.07, 6.45) is -1.01. The summed E-state index contributed by atoms with van der Waals surface area (Å²) in [4.78, 5) is 21.4. The van der Waals surface area contributed by atoms with Gasteiger partial charge in [-0.25, -0.2) is 9.78 Å². The second kappa shape index (κ2) is 7.75. The number of amides is 2. The third kappa shape index (κ3) is 4.82. The number of alkyl halides is 3. The first-order valence-electron chi connectivity index (χ1n) is 7.92. The molecule has 27 heavy (non-hydrogen) atoms. The van der Waals surface area contributed by atoms with E-state index in [-0.39, 0.29) is 12.2 Å². The standard InChI is InChI=1S/C18H15F3N4OS/c1-11-15(27-16(24-11)12-3-2-8-22-9-12)10-23-17(26)25-14-6-4-13(5-7-14)18(19,20)21/h2-9H,10H2,1H3,(H2,23,25,26). The zero-order valence-electron chi connectivity index (χ0n) is 14.2. The van der Waals surface area contributed by atoms with Gasteiger partial charge in [0.05, 0.1) is 17.8 Å². The van der Waals surface area contributed by atoms with Gasteiger partial charge in [-0.2, -0.15) is 13.2 Å². The summed E-state index contributed by atoms with van der Waals surface area (Å²) in [5, 5.41) is 5.99. The quantitative estimate of drug-likeness (QED) is 0.667. The number of rotatable bonds is 4. The Labute approximate surface area is 157 Å². The lowest BCUT2D eigenvalue weighted by Gasteiger charge is -2.09. The monoisotopic (exact) mass is 392 g/mol. The van der Waals surface area contributed by atoms with Crippen molar-refractivity contribution in [3.63, 3.8) is 0 Å². The number of aryl methyl sites for hydroxylation is 1. The molecule has 140 valence electrons. The number of thiazole rings is 1. The molecule has 0 atom stereocenters. The van der Waals surface area contributed by atoms with E-state index in [9.17, 15) is 18.0 Å². The van der Waals surface area contributed by atoms with Crippen molar-refractivity contribution in [2.45, 2.75) is 19.6 Å². The second-order valence-electron chi connectivity index (χ2n) is 5.65. The minimum absolute atomic E-state index is 0.260. The van der Waals surface area contributed by atoms with E-state index in [2.05, 4.69) is 20.6 Å². The lowest BCUT2D eigenvalue weighted by Crippen LogP contribution is -2.28. The van der Waals surface area contributed by atoms with Crippen molar-refractivity contribution in [2.75, 3.05) is 5.32 Å². The molecule has 0 aliphatic rings. The Kier molecular flexibility index (Phi) is 5.41. The number of nitrogens with zero attached hydrogens (tertiary/aromatic N) is 2. The summed E-state index contributed by atoms with van der Waals surface area (Å²) in [5.74, 6) is 0. The SMILES string of the molecule is Cc1nc(-c2cccnc2)sc1CNC(=O)Nc1ccc(C(F)(F)F)cc1. The van der Waals surface area contributed by atoms with E-state index in [4.69, 9.17) is 0 Å². The van der Waals surface area contributed by atoms with Gasteiger partial charge in [0.15, 0.2) is 0 Å². The summed E-state index contributed by atoms with van der Waals surface area (Å²) < 4.78 is 37.6. The summed E-state index contributed by atoms with van der Waals surface area (Å²) in [7, 11) is 0. The smallest absolute Gasteiger partial charge is 0.333 e. The minimum Gasteiger partial charge on any atom is -0.333 e. The van der Waals surface area contributed by atoms with Crippen LogP contribution in [0, 0.1) is 6.92 Å². The van der Waals surface area contributed by atoms with E-state index >= 15 is 0 Å². The lowest BCUT2D eigenvalue weighted by molar-refractivity contribution is -0.137. The molecule has 2 heterocycles. The molecule has 0 aliphatic heterocycles. The zero-order valence-corrected chi connectivity index (χ0v) is 15.0. The van der Waals surface area contributed by atoms with Gasteiger partial charge in [0.25, 0.3) is 0 Å². The number of nitrogens with one attached hydrogen (secondary N) is 2. The molecule has 3 rings (SSSR count). The molecule has 5 nitrogen and oxygen atoms in total. The lowest BCUT2D eigenvalue weighted by atomic mass is 10.2. The number of pyridine rings is 1. The molecule has 1 aromatic carbocycles. The summed E-state index contributed by atoms with van der Waals surface area (Å²) >= 11 is 1.45. The van der Waals surface area contributed by atoms with Crippen LogP contribution in [-0.4, -0.2) is 16.0 Å². The normalized spacial score (nSPS) is 11.3. The summed E-state index contributed by atoms with van der Waals surface area (Å²) in [6, 6.07) is 7.47. The first-order chi connectivity index (χ1) is 12.8. The number of aromatic nitrogens is 2. The fourth-order valence-electron chi connectivity index (χ4n) is 2.28. The molecule has 2 N–H and O–H groups in total. The van der Waals surface area contributed by atoms with Crippen LogP contribution in [0.1, 0.15) is 16.1 Å². The van der Waals surface area contributed by atoms with Gasteiger partial charge in [0.2, 0.25) is 0 Å². The molecule has 2 aromatic heterocycles. The molecule has 0 bridgehead atoms. The predicted molar refractivity (Wildman–Crippen MR) is 97.4 cm³/mol. The van der Waals surface area contributed by atoms with Gasteiger partial charge in [-0.3, -0.25) is 4.98 Å². The Morgan fingerprint density at radius 1 is 1.19 bits per heavy atom. The van der Waals surface area contributed by atoms with Gasteiger partial charge in [0, 0.05) is 28.5 Å². The van der Waals surface area contributed by atoms with E-state index in [0.717, 1.165) is 33.3 Å². The highest BCUT2D eigenvalue weighted by Gasteiger charge is 2.29. The maximum Gasteiger partial charge on any atom is 0.416 e. The molecule has 9 heteroatoms. The number of hydrogen-bond donors (Lipinski definition) is 2. The average molecular weight is 392 g/mol. The van der Waals surface area contributed by atoms with Crippen LogP contribution in [0.25, 0.3) is 10.6 Å². The zero-order chi connectivity index (χ0) is 19.4. The average Bonchev–Trinajstić information content (AvgIpc) is 3.01. The third-order valence-electron chi connectivity index (χ3n) is 3.68. The highest BCUT2D eigenvalue weighted by molar-refractivity contribution is 7.15. The molecule has 2 amide bonds. The third-order valence-corrected chi connectivity index (χ3v) is 4.89. The molecule has 0 fully saturated rings. The van der Waals surface area contributed by atoms with Gasteiger partial charge in [-0.15, -0.1) is 11.3 Å². The molecule has 0 saturated heterocycles. The van der Waals surface area contributed by atoms with Crippen molar-refractivity contribution in [3.8, 4) is 10.6 Å². The molecule has 0 unspecified atom stereocenters. The van der Waals surface area contributed by atoms with Gasteiger partial charge < -0.3 is 10.6 Å². The van der Waals surface area contributed by atoms with Crippen LogP contribution in [-0.2, 0) is 12.7 Å². The molecular weight excluding hydrogens is 377 g/mol. The molecule has 0 aliphatic carbocycles. The van der Waals surface area contributed by atoms with Crippen LogP contribution < -0.4 is 10.6 Å². The molecule has 3 aromatic rings. The van der Waals surface area contributed by atoms with Crippen molar-refractivity contribution < 1.29 is 18.0 Å². The van der Waals surface area contributed by atoms with E-state index in [0.29, 0.717) is 0 Å². The maximum atomic E-state index is 12.5. The van der Waals surface area contributed by atoms with Crippen LogP contribution in [0.3, 0.4) is 0 Å². The number of carbonyl (C=O) groups excluding carboxylic acids is 1. The van der Waals surface area contributed by atoms with Crippen molar-refractivity contribution in [1.82, 2.24) is 15.3 Å². The largest absolute Gasteiger partial charge is 0.416 e. The van der Waals surface area contributed by atoms with Crippen molar-refractivity contribution in [3.05, 3.63) is 64.9 Å². The van der Waals surface area contributed by atoms with Crippen LogP contribution in [0.2, 0.25) is 0 Å². The van der Waals surface area contributed by atoms with E-state index in [1.54, 1.807) is 12.4 Å². The van der Waals surface area contributed by atoms with Crippen molar-refractivity contribution in [1.29, 1.82) is 0 Å². The predicted octanol–water partition coefficient (Wildman–Crippen LogP) is 4.85. The van der Waals surface area contributed by atoms with E-state index < -0.39 is 17.8 Å². The Hall–Kier alpha value is -2.94. The highest BCUT2D eigenvalue weighted by atomic mass is 32.1. The maximum absolute atomic E-state index is 12.5. The van der Waals surface area contributed by atoms with E-state index in [1.807, 2.05) is 19.1 Å². The van der Waals surface area contributed by atoms with Gasteiger partial charge in [-0.1, -0.05) is 0 Å². The fraction of sp³-hybridized carbons (Fsp3) is 0.167. The Morgan fingerprint density at radius 3 is 2.56 bits per heavy atom. The highest BCUT2D eigenvalue weighted by Crippen LogP contribution is 2.30. The fourth-order valence-corrected chi connectivity index (χ4v) is 3.28. The Morgan fingerprint density at radius 2 is 1.93 bits per heavy atom. The first-order valence-corrected chi connectivity index (χ1v) is 8.73. The molecule has 0 radical (unpaired) electrons. The van der Waals surface area contributed by atoms with Crippen molar-refractivity contribution in [2.24, 2.45) is 0 Å². The summed E-state index contributed by atoms with van der Waals surface area (Å²) in [5.41, 5.74) is 1.20. The topological polar surface area (TPSA) is 66.9 Å². The van der Waals surface area contributed by atoms with Crippen LogP contribution in [0.4, 0.5) is 23.7 Å². The molecular formula is C18H15F3N4OS. The van der Waals surface area contributed by atoms with Gasteiger partial charge >= 0.3 is 12.2 Å². The number of urea groups is 1.